The van der Waals surface area contributed by atoms with Gasteiger partial charge in [-0.3, -0.25) is 9.59 Å². The van der Waals surface area contributed by atoms with E-state index in [0.29, 0.717) is 43.1 Å². The van der Waals surface area contributed by atoms with Gasteiger partial charge in [0.25, 0.3) is 5.91 Å². The van der Waals surface area contributed by atoms with Crippen molar-refractivity contribution in [3.8, 4) is 11.5 Å². The molecule has 0 bridgehead atoms. The highest BCUT2D eigenvalue weighted by molar-refractivity contribution is 5.99. The second-order valence-electron chi connectivity index (χ2n) is 6.83. The first-order valence-corrected chi connectivity index (χ1v) is 9.42. The maximum Gasteiger partial charge on any atom is 0.253 e. The zero-order chi connectivity index (χ0) is 19.2. The van der Waals surface area contributed by atoms with Gasteiger partial charge in [0.2, 0.25) is 5.91 Å². The van der Waals surface area contributed by atoms with Crippen LogP contribution in [-0.4, -0.2) is 56.1 Å². The Morgan fingerprint density at radius 3 is 3.00 bits per heavy atom. The highest BCUT2D eigenvalue weighted by atomic mass is 16.5. The van der Waals surface area contributed by atoms with Crippen LogP contribution in [0.1, 0.15) is 31.2 Å². The number of likely N-dealkylation sites (tertiary alicyclic amines) is 1. The van der Waals surface area contributed by atoms with Gasteiger partial charge in [0, 0.05) is 37.7 Å². The third-order valence-electron chi connectivity index (χ3n) is 5.00. The summed E-state index contributed by atoms with van der Waals surface area (Å²) in [6.07, 6.45) is 5.09. The molecule has 27 heavy (non-hydrogen) atoms. The van der Waals surface area contributed by atoms with Gasteiger partial charge in [-0.05, 0) is 31.4 Å². The average Bonchev–Trinajstić information content (AvgIpc) is 2.71. The fourth-order valence-electron chi connectivity index (χ4n) is 3.58. The molecular weight excluding hydrogens is 346 g/mol. The number of rotatable bonds is 6. The molecule has 1 atom stereocenters. The van der Waals surface area contributed by atoms with Crippen molar-refractivity contribution in [3.63, 3.8) is 0 Å². The molecule has 1 unspecified atom stereocenters. The van der Waals surface area contributed by atoms with Crippen molar-refractivity contribution in [2.75, 3.05) is 33.4 Å². The zero-order valence-corrected chi connectivity index (χ0v) is 15.7. The molecule has 146 valence electrons. The lowest BCUT2D eigenvalue weighted by atomic mass is 9.99. The Morgan fingerprint density at radius 2 is 2.22 bits per heavy atom. The van der Waals surface area contributed by atoms with Crippen molar-refractivity contribution in [3.05, 3.63) is 29.3 Å². The molecule has 3 N–H and O–H groups in total. The Hall–Kier alpha value is -2.54. The van der Waals surface area contributed by atoms with E-state index in [1.807, 2.05) is 29.2 Å². The predicted octanol–water partition coefficient (Wildman–Crippen LogP) is 1.32. The standard InChI is InChI=1S/C20H27N3O4/c1-26-17-7-4-5-14-11-15(13-27-19(14)17)20(25)23-10-3-2-6-16(23)12-22-18(24)8-9-21/h4-5,7,11,16H,2-3,6,8-10,12-13,21H2,1H3,(H,22,24). The zero-order valence-electron chi connectivity index (χ0n) is 15.7. The van der Waals surface area contributed by atoms with Crippen molar-refractivity contribution < 1.29 is 19.1 Å². The molecule has 7 nitrogen and oxygen atoms in total. The summed E-state index contributed by atoms with van der Waals surface area (Å²) in [6, 6.07) is 5.62. The Balaban J connectivity index is 1.73. The second-order valence-corrected chi connectivity index (χ2v) is 6.83. The molecule has 7 heteroatoms. The van der Waals surface area contributed by atoms with Gasteiger partial charge in [-0.2, -0.15) is 0 Å². The molecular formula is C20H27N3O4. The number of ether oxygens (including phenoxy) is 2. The molecule has 0 spiro atoms. The molecule has 0 radical (unpaired) electrons. The van der Waals surface area contributed by atoms with Crippen molar-refractivity contribution >= 4 is 17.9 Å². The van der Waals surface area contributed by atoms with Gasteiger partial charge in [-0.1, -0.05) is 12.1 Å². The monoisotopic (exact) mass is 373 g/mol. The summed E-state index contributed by atoms with van der Waals surface area (Å²) in [5.41, 5.74) is 6.88. The maximum absolute atomic E-state index is 13.1. The molecule has 1 saturated heterocycles. The number of carbonyl (C=O) groups is 2. The Labute approximate surface area is 159 Å². The van der Waals surface area contributed by atoms with E-state index in [-0.39, 0.29) is 24.5 Å². The molecule has 2 heterocycles. The van der Waals surface area contributed by atoms with E-state index in [9.17, 15) is 9.59 Å². The summed E-state index contributed by atoms with van der Waals surface area (Å²) >= 11 is 0. The van der Waals surface area contributed by atoms with Gasteiger partial charge in [-0.25, -0.2) is 0 Å². The van der Waals surface area contributed by atoms with E-state index >= 15 is 0 Å². The van der Waals surface area contributed by atoms with E-state index in [1.54, 1.807) is 7.11 Å². The predicted molar refractivity (Wildman–Crippen MR) is 102 cm³/mol. The molecule has 2 aliphatic heterocycles. The van der Waals surface area contributed by atoms with Crippen LogP contribution in [0.25, 0.3) is 6.08 Å². The molecule has 1 fully saturated rings. The number of hydrogen-bond donors (Lipinski definition) is 2. The van der Waals surface area contributed by atoms with E-state index in [2.05, 4.69) is 5.32 Å². The Kier molecular flexibility index (Phi) is 6.34. The largest absolute Gasteiger partial charge is 0.493 e. The second kappa shape index (κ2) is 8.90. The van der Waals surface area contributed by atoms with Crippen LogP contribution in [0.3, 0.4) is 0 Å². The molecule has 1 aromatic rings. The van der Waals surface area contributed by atoms with Crippen LogP contribution in [0.4, 0.5) is 0 Å². The minimum atomic E-state index is -0.0725. The van der Waals surface area contributed by atoms with E-state index < -0.39 is 0 Å². The first-order valence-electron chi connectivity index (χ1n) is 9.42. The minimum absolute atomic E-state index is 0.000538. The number of nitrogens with zero attached hydrogens (tertiary/aromatic N) is 1. The number of nitrogens with one attached hydrogen (secondary N) is 1. The van der Waals surface area contributed by atoms with Gasteiger partial charge < -0.3 is 25.4 Å². The van der Waals surface area contributed by atoms with Crippen LogP contribution in [0.15, 0.2) is 23.8 Å². The highest BCUT2D eigenvalue weighted by Crippen LogP contribution is 2.36. The normalized spacial score (nSPS) is 18.8. The topological polar surface area (TPSA) is 93.9 Å². The fourth-order valence-corrected chi connectivity index (χ4v) is 3.58. The van der Waals surface area contributed by atoms with Crippen molar-refractivity contribution in [2.45, 2.75) is 31.7 Å². The third-order valence-corrected chi connectivity index (χ3v) is 5.00. The number of amides is 2. The first-order chi connectivity index (χ1) is 13.1. The van der Waals surface area contributed by atoms with E-state index in [1.165, 1.54) is 0 Å². The lowest BCUT2D eigenvalue weighted by Crippen LogP contribution is -2.50. The molecule has 0 aromatic heterocycles. The summed E-state index contributed by atoms with van der Waals surface area (Å²) in [5.74, 6) is 1.23. The average molecular weight is 373 g/mol. The van der Waals surface area contributed by atoms with Crippen LogP contribution in [0, 0.1) is 0 Å². The van der Waals surface area contributed by atoms with Crippen molar-refractivity contribution in [1.82, 2.24) is 10.2 Å². The summed E-state index contributed by atoms with van der Waals surface area (Å²) in [4.78, 5) is 26.7. The van der Waals surface area contributed by atoms with Gasteiger partial charge >= 0.3 is 0 Å². The lowest BCUT2D eigenvalue weighted by Gasteiger charge is -2.37. The van der Waals surface area contributed by atoms with Gasteiger partial charge in [-0.15, -0.1) is 0 Å². The number of piperidine rings is 1. The summed E-state index contributed by atoms with van der Waals surface area (Å²) in [5, 5.41) is 2.89. The van der Waals surface area contributed by atoms with Crippen LogP contribution >= 0.6 is 0 Å². The maximum atomic E-state index is 13.1. The number of nitrogens with two attached hydrogens (primary N) is 1. The SMILES string of the molecule is COc1cccc2c1OCC(C(=O)N1CCCCC1CNC(=O)CCN)=C2. The van der Waals surface area contributed by atoms with Crippen molar-refractivity contribution in [2.24, 2.45) is 5.73 Å². The van der Waals surface area contributed by atoms with Crippen molar-refractivity contribution in [1.29, 1.82) is 0 Å². The molecule has 2 amide bonds. The smallest absolute Gasteiger partial charge is 0.253 e. The van der Waals surface area contributed by atoms with Gasteiger partial charge in [0.15, 0.2) is 11.5 Å². The van der Waals surface area contributed by atoms with E-state index in [0.717, 1.165) is 24.8 Å². The molecule has 0 aliphatic carbocycles. The quantitative estimate of drug-likeness (QED) is 0.784. The lowest BCUT2D eigenvalue weighted by molar-refractivity contribution is -0.131. The molecule has 1 aromatic carbocycles. The summed E-state index contributed by atoms with van der Waals surface area (Å²) in [6.45, 7) is 1.70. The van der Waals surface area contributed by atoms with Crippen LogP contribution in [0.5, 0.6) is 11.5 Å². The Morgan fingerprint density at radius 1 is 1.37 bits per heavy atom. The number of benzene rings is 1. The minimum Gasteiger partial charge on any atom is -0.493 e. The number of hydrogen-bond acceptors (Lipinski definition) is 5. The van der Waals surface area contributed by atoms with Gasteiger partial charge in [0.1, 0.15) is 6.61 Å². The van der Waals surface area contributed by atoms with Crippen LogP contribution in [-0.2, 0) is 9.59 Å². The number of para-hydroxylation sites is 1. The number of methoxy groups -OCH3 is 1. The third kappa shape index (κ3) is 4.42. The van der Waals surface area contributed by atoms with Crippen LogP contribution < -0.4 is 20.5 Å². The van der Waals surface area contributed by atoms with E-state index in [4.69, 9.17) is 15.2 Å². The molecule has 0 saturated carbocycles. The number of fused-ring (bicyclic) bond motifs is 1. The summed E-state index contributed by atoms with van der Waals surface area (Å²) < 4.78 is 11.1. The highest BCUT2D eigenvalue weighted by Gasteiger charge is 2.30. The molecule has 3 rings (SSSR count). The summed E-state index contributed by atoms with van der Waals surface area (Å²) in [7, 11) is 1.60. The number of carbonyl (C=O) groups excluding carboxylic acids is 2. The molecule has 2 aliphatic rings. The fraction of sp³-hybridized carbons (Fsp3) is 0.500. The van der Waals surface area contributed by atoms with Crippen LogP contribution in [0.2, 0.25) is 0 Å². The van der Waals surface area contributed by atoms with Gasteiger partial charge in [0.05, 0.1) is 12.7 Å². The first kappa shape index (κ1) is 19.2. The Bertz CT molecular complexity index is 732.